The van der Waals surface area contributed by atoms with Gasteiger partial charge in [-0.25, -0.2) is 4.79 Å². The number of aromatic nitrogens is 2. The van der Waals surface area contributed by atoms with Gasteiger partial charge in [-0.1, -0.05) is 23.7 Å². The van der Waals surface area contributed by atoms with E-state index >= 15 is 0 Å². The lowest BCUT2D eigenvalue weighted by atomic mass is 9.85. The van der Waals surface area contributed by atoms with Gasteiger partial charge in [0.25, 0.3) is 0 Å². The lowest BCUT2D eigenvalue weighted by molar-refractivity contribution is 0.251. The molecule has 7 heteroatoms. The summed E-state index contributed by atoms with van der Waals surface area (Å²) in [5, 5.41) is 9.71. The van der Waals surface area contributed by atoms with Crippen molar-refractivity contribution in [2.75, 3.05) is 12.4 Å². The van der Waals surface area contributed by atoms with Crippen molar-refractivity contribution in [3.8, 4) is 17.1 Å². The Bertz CT molecular complexity index is 931. The van der Waals surface area contributed by atoms with Crippen LogP contribution in [0.2, 0.25) is 0 Å². The number of amides is 2. The van der Waals surface area contributed by atoms with E-state index < -0.39 is 0 Å². The second-order valence-corrected chi connectivity index (χ2v) is 6.82. The van der Waals surface area contributed by atoms with Gasteiger partial charge in [0.2, 0.25) is 11.7 Å². The standard InChI is InChI=1S/C21H22N4O3/c1-27-18-11-5-14(6-12-18)13-22-21(26)23-17-9-7-15(8-10-17)19-24-20(28-25-19)16-3-2-4-16/h5-12,16H,2-4,13H2,1H3,(H2,22,23,26). The average Bonchev–Trinajstić information content (AvgIpc) is 3.15. The number of nitrogens with one attached hydrogen (secondary N) is 2. The van der Waals surface area contributed by atoms with Gasteiger partial charge in [0.1, 0.15) is 5.75 Å². The molecule has 2 aromatic carbocycles. The van der Waals surface area contributed by atoms with Crippen molar-refractivity contribution < 1.29 is 14.1 Å². The second kappa shape index (κ2) is 8.12. The molecule has 1 heterocycles. The number of urea groups is 1. The summed E-state index contributed by atoms with van der Waals surface area (Å²) in [6.07, 6.45) is 3.47. The van der Waals surface area contributed by atoms with E-state index in [1.807, 2.05) is 48.5 Å². The fraction of sp³-hybridized carbons (Fsp3) is 0.286. The average molecular weight is 378 g/mol. The zero-order chi connectivity index (χ0) is 19.3. The van der Waals surface area contributed by atoms with Crippen molar-refractivity contribution in [1.82, 2.24) is 15.5 Å². The second-order valence-electron chi connectivity index (χ2n) is 6.82. The minimum atomic E-state index is -0.268. The van der Waals surface area contributed by atoms with E-state index in [1.54, 1.807) is 7.11 Å². The van der Waals surface area contributed by atoms with E-state index in [0.717, 1.165) is 35.6 Å². The molecular formula is C21H22N4O3. The third-order valence-corrected chi connectivity index (χ3v) is 4.91. The van der Waals surface area contributed by atoms with E-state index in [2.05, 4.69) is 20.8 Å². The third-order valence-electron chi connectivity index (χ3n) is 4.91. The van der Waals surface area contributed by atoms with Crippen LogP contribution in [0.3, 0.4) is 0 Å². The normalized spacial score (nSPS) is 13.6. The number of nitrogens with zero attached hydrogens (tertiary/aromatic N) is 2. The largest absolute Gasteiger partial charge is 0.497 e. The molecule has 144 valence electrons. The molecule has 2 N–H and O–H groups in total. The smallest absolute Gasteiger partial charge is 0.319 e. The van der Waals surface area contributed by atoms with Crippen LogP contribution >= 0.6 is 0 Å². The highest BCUT2D eigenvalue weighted by Gasteiger charge is 2.25. The molecule has 1 saturated carbocycles. The van der Waals surface area contributed by atoms with Crippen LogP contribution in [0.15, 0.2) is 53.1 Å². The van der Waals surface area contributed by atoms with E-state index in [0.29, 0.717) is 24.0 Å². The number of methoxy groups -OCH3 is 1. The van der Waals surface area contributed by atoms with Gasteiger partial charge in [0, 0.05) is 23.7 Å². The van der Waals surface area contributed by atoms with E-state index in [9.17, 15) is 4.79 Å². The summed E-state index contributed by atoms with van der Waals surface area (Å²) in [6, 6.07) is 14.7. The monoisotopic (exact) mass is 378 g/mol. The minimum absolute atomic E-state index is 0.268. The highest BCUT2D eigenvalue weighted by molar-refractivity contribution is 5.89. The SMILES string of the molecule is COc1ccc(CNC(=O)Nc2ccc(-c3noc(C4CCC4)n3)cc2)cc1. The van der Waals surface area contributed by atoms with Crippen LogP contribution in [-0.2, 0) is 6.54 Å². The summed E-state index contributed by atoms with van der Waals surface area (Å²) in [6.45, 7) is 0.431. The zero-order valence-electron chi connectivity index (χ0n) is 15.6. The van der Waals surface area contributed by atoms with Gasteiger partial charge >= 0.3 is 6.03 Å². The van der Waals surface area contributed by atoms with Crippen LogP contribution < -0.4 is 15.4 Å². The lowest BCUT2D eigenvalue weighted by Gasteiger charge is -2.20. The van der Waals surface area contributed by atoms with E-state index in [4.69, 9.17) is 9.26 Å². The molecule has 0 spiro atoms. The van der Waals surface area contributed by atoms with Gasteiger partial charge in [0.05, 0.1) is 7.11 Å². The van der Waals surface area contributed by atoms with Crippen molar-refractivity contribution in [3.05, 3.63) is 60.0 Å². The number of ether oxygens (including phenoxy) is 1. The van der Waals surface area contributed by atoms with Gasteiger partial charge in [-0.05, 0) is 54.8 Å². The quantitative estimate of drug-likeness (QED) is 0.666. The van der Waals surface area contributed by atoms with Gasteiger partial charge < -0.3 is 19.9 Å². The first kappa shape index (κ1) is 18.0. The Labute approximate surface area is 163 Å². The molecule has 28 heavy (non-hydrogen) atoms. The van der Waals surface area contributed by atoms with Crippen molar-refractivity contribution in [2.45, 2.75) is 31.7 Å². The summed E-state index contributed by atoms with van der Waals surface area (Å²) in [7, 11) is 1.62. The molecule has 4 rings (SSSR count). The summed E-state index contributed by atoms with van der Waals surface area (Å²) < 4.78 is 10.5. The number of hydrogen-bond acceptors (Lipinski definition) is 5. The van der Waals surface area contributed by atoms with Crippen molar-refractivity contribution >= 4 is 11.7 Å². The molecule has 0 radical (unpaired) electrons. The van der Waals surface area contributed by atoms with Crippen LogP contribution in [0.4, 0.5) is 10.5 Å². The molecule has 0 unspecified atom stereocenters. The summed E-state index contributed by atoms with van der Waals surface area (Å²) in [5.41, 5.74) is 2.54. The Balaban J connectivity index is 1.30. The number of benzene rings is 2. The molecule has 0 bridgehead atoms. The molecule has 1 aliphatic carbocycles. The van der Waals surface area contributed by atoms with E-state index in [-0.39, 0.29) is 6.03 Å². The highest BCUT2D eigenvalue weighted by Crippen LogP contribution is 2.36. The number of carbonyl (C=O) groups excluding carboxylic acids is 1. The highest BCUT2D eigenvalue weighted by atomic mass is 16.5. The summed E-state index contributed by atoms with van der Waals surface area (Å²) in [4.78, 5) is 16.6. The molecule has 0 atom stereocenters. The predicted octanol–water partition coefficient (Wildman–Crippen LogP) is 4.33. The maximum atomic E-state index is 12.1. The number of rotatable bonds is 6. The van der Waals surface area contributed by atoms with Crippen LogP contribution in [0, 0.1) is 0 Å². The first-order valence-corrected chi connectivity index (χ1v) is 9.33. The molecule has 3 aromatic rings. The number of carbonyl (C=O) groups is 1. The number of anilines is 1. The molecule has 2 amide bonds. The Morgan fingerprint density at radius 1 is 1.14 bits per heavy atom. The third kappa shape index (κ3) is 4.14. The fourth-order valence-corrected chi connectivity index (χ4v) is 2.98. The van der Waals surface area contributed by atoms with Crippen LogP contribution in [0.5, 0.6) is 5.75 Å². The molecule has 0 saturated heterocycles. The van der Waals surface area contributed by atoms with Gasteiger partial charge in [-0.2, -0.15) is 4.98 Å². The predicted molar refractivity (Wildman–Crippen MR) is 105 cm³/mol. The number of hydrogen-bond donors (Lipinski definition) is 2. The zero-order valence-corrected chi connectivity index (χ0v) is 15.6. The first-order valence-electron chi connectivity index (χ1n) is 9.33. The minimum Gasteiger partial charge on any atom is -0.497 e. The molecule has 1 aliphatic rings. The maximum absolute atomic E-state index is 12.1. The van der Waals surface area contributed by atoms with Gasteiger partial charge in [0.15, 0.2) is 0 Å². The maximum Gasteiger partial charge on any atom is 0.319 e. The van der Waals surface area contributed by atoms with Crippen LogP contribution in [0.1, 0.15) is 36.6 Å². The Kier molecular flexibility index (Phi) is 5.23. The van der Waals surface area contributed by atoms with Gasteiger partial charge in [-0.3, -0.25) is 0 Å². The Hall–Kier alpha value is -3.35. The summed E-state index contributed by atoms with van der Waals surface area (Å²) in [5.74, 6) is 2.50. The van der Waals surface area contributed by atoms with Crippen molar-refractivity contribution in [3.63, 3.8) is 0 Å². The molecule has 1 aromatic heterocycles. The summed E-state index contributed by atoms with van der Waals surface area (Å²) >= 11 is 0. The van der Waals surface area contributed by atoms with Crippen molar-refractivity contribution in [2.24, 2.45) is 0 Å². The Morgan fingerprint density at radius 3 is 2.54 bits per heavy atom. The Morgan fingerprint density at radius 2 is 1.89 bits per heavy atom. The molecular weight excluding hydrogens is 356 g/mol. The van der Waals surface area contributed by atoms with Crippen LogP contribution in [-0.4, -0.2) is 23.3 Å². The molecule has 0 aliphatic heterocycles. The topological polar surface area (TPSA) is 89.3 Å². The van der Waals surface area contributed by atoms with Crippen LogP contribution in [0.25, 0.3) is 11.4 Å². The first-order chi connectivity index (χ1) is 13.7. The van der Waals surface area contributed by atoms with E-state index in [1.165, 1.54) is 6.42 Å². The van der Waals surface area contributed by atoms with Crippen molar-refractivity contribution in [1.29, 1.82) is 0 Å². The lowest BCUT2D eigenvalue weighted by Crippen LogP contribution is -2.28. The molecule has 1 fully saturated rings. The fourth-order valence-electron chi connectivity index (χ4n) is 2.98. The molecule has 7 nitrogen and oxygen atoms in total. The van der Waals surface area contributed by atoms with Gasteiger partial charge in [-0.15, -0.1) is 0 Å².